The lowest BCUT2D eigenvalue weighted by atomic mass is 9.99. The molecule has 2 atom stereocenters. The number of hydrogen-bond acceptors (Lipinski definition) is 10. The molecule has 7 rings (SSSR count). The molecule has 0 unspecified atom stereocenters. The molecule has 0 radical (unpaired) electrons. The highest BCUT2D eigenvalue weighted by molar-refractivity contribution is 6.02. The fourth-order valence-electron chi connectivity index (χ4n) is 7.56. The van der Waals surface area contributed by atoms with Crippen LogP contribution in [0.3, 0.4) is 0 Å². The molecule has 2 aromatic carbocycles. The predicted molar refractivity (Wildman–Crippen MR) is 185 cm³/mol. The van der Waals surface area contributed by atoms with E-state index in [0.717, 1.165) is 63.4 Å². The maximum absolute atomic E-state index is 14.7. The Bertz CT molecular complexity index is 1680. The van der Waals surface area contributed by atoms with E-state index in [1.54, 1.807) is 19.2 Å². The number of carbonyl (C=O) groups is 1. The second-order valence-corrected chi connectivity index (χ2v) is 13.3. The number of aromatic nitrogens is 2. The van der Waals surface area contributed by atoms with Crippen molar-refractivity contribution in [2.75, 3.05) is 67.0 Å². The van der Waals surface area contributed by atoms with Crippen molar-refractivity contribution in [3.05, 3.63) is 72.6 Å². The summed E-state index contributed by atoms with van der Waals surface area (Å²) >= 11 is 0. The minimum absolute atomic E-state index is 0.195. The van der Waals surface area contributed by atoms with Crippen molar-refractivity contribution in [2.45, 2.75) is 63.2 Å². The van der Waals surface area contributed by atoms with Gasteiger partial charge in [0.1, 0.15) is 17.9 Å². The number of nitrogens with zero attached hydrogens (tertiary/aromatic N) is 6. The van der Waals surface area contributed by atoms with Gasteiger partial charge in [-0.05, 0) is 50.8 Å². The number of rotatable bonds is 10. The van der Waals surface area contributed by atoms with Gasteiger partial charge < -0.3 is 20.3 Å². The molecule has 3 aromatic rings. The Labute approximate surface area is 285 Å². The van der Waals surface area contributed by atoms with E-state index >= 15 is 0 Å². The van der Waals surface area contributed by atoms with E-state index in [1.807, 2.05) is 12.1 Å². The smallest absolute Gasteiger partial charge is 0.247 e. The lowest BCUT2D eigenvalue weighted by Crippen LogP contribution is -2.57. The van der Waals surface area contributed by atoms with Crippen LogP contribution in [0.5, 0.6) is 5.75 Å². The molecule has 1 saturated carbocycles. The third kappa shape index (κ3) is 7.06. The van der Waals surface area contributed by atoms with Crippen LogP contribution in [0.15, 0.2) is 55.4 Å². The number of hydroxylamine groups is 1. The average molecular weight is 675 g/mol. The number of amides is 1. The lowest BCUT2D eigenvalue weighted by molar-refractivity contribution is -0.111. The molecule has 3 aliphatic heterocycles. The third-order valence-corrected chi connectivity index (χ3v) is 10.2. The van der Waals surface area contributed by atoms with Gasteiger partial charge in [0.05, 0.1) is 36.8 Å². The first kappa shape index (κ1) is 33.2. The number of piperidine rings is 1. The topological polar surface area (TPSA) is 98.3 Å². The molecule has 11 nitrogen and oxygen atoms in total. The standard InChI is InChI=1S/C36H44F2N8O3/c1-4-35(47)42-28-18-29(41-33-20-34(40-22-39-33)46-30(12-17-49-46)26-6-5-7-27(37)36(26)38)32(48-3)19-31(28)43-13-10-24(11-14-43)44-15-16-45(23(2)21-44)25-8-9-25/h4-7,18-20,22-25,30H,1,8-17,21H2,2-3H3,(H,42,47)(H,39,40,41)/t23-,30+/m0/s1. The Morgan fingerprint density at radius 3 is 2.57 bits per heavy atom. The highest BCUT2D eigenvalue weighted by Gasteiger charge is 2.38. The van der Waals surface area contributed by atoms with Crippen LogP contribution in [0.4, 0.5) is 37.5 Å². The van der Waals surface area contributed by atoms with Crippen LogP contribution in [0.2, 0.25) is 0 Å². The second-order valence-electron chi connectivity index (χ2n) is 13.3. The first-order valence-electron chi connectivity index (χ1n) is 17.2. The molecular formula is C36H44F2N8O3. The summed E-state index contributed by atoms with van der Waals surface area (Å²) in [5, 5.41) is 7.77. The molecule has 4 fully saturated rings. The molecule has 3 saturated heterocycles. The number of hydrogen-bond donors (Lipinski definition) is 2. The molecule has 1 amide bonds. The third-order valence-electron chi connectivity index (χ3n) is 10.2. The van der Waals surface area contributed by atoms with Gasteiger partial charge in [-0.25, -0.2) is 23.8 Å². The van der Waals surface area contributed by atoms with Gasteiger partial charge in [-0.2, -0.15) is 0 Å². The fourth-order valence-corrected chi connectivity index (χ4v) is 7.56. The fraction of sp³-hybridized carbons (Fsp3) is 0.472. The SMILES string of the molecule is C=CC(=O)Nc1cc(Nc2cc(N3OCC[C@@H]3c3cccc(F)c3F)ncn2)c(OC)cc1N1CCC(N2CCN(C3CC3)[C@@H](C)C2)CC1. The highest BCUT2D eigenvalue weighted by atomic mass is 19.2. The molecule has 13 heteroatoms. The van der Waals surface area contributed by atoms with Gasteiger partial charge in [0.15, 0.2) is 17.5 Å². The maximum atomic E-state index is 14.7. The number of benzene rings is 2. The molecule has 0 spiro atoms. The van der Waals surface area contributed by atoms with E-state index in [-0.39, 0.29) is 11.5 Å². The highest BCUT2D eigenvalue weighted by Crippen LogP contribution is 2.41. The minimum Gasteiger partial charge on any atom is -0.494 e. The molecule has 0 bridgehead atoms. The van der Waals surface area contributed by atoms with Crippen LogP contribution >= 0.6 is 0 Å². The summed E-state index contributed by atoms with van der Waals surface area (Å²) in [5.74, 6) is -0.768. The summed E-state index contributed by atoms with van der Waals surface area (Å²) in [7, 11) is 1.60. The zero-order chi connectivity index (χ0) is 34.1. The van der Waals surface area contributed by atoms with Gasteiger partial charge in [-0.15, -0.1) is 0 Å². The molecule has 4 heterocycles. The summed E-state index contributed by atoms with van der Waals surface area (Å²) in [6, 6.07) is 10.9. The Morgan fingerprint density at radius 2 is 1.84 bits per heavy atom. The number of halogens is 2. The van der Waals surface area contributed by atoms with Gasteiger partial charge in [-0.1, -0.05) is 18.7 Å². The second kappa shape index (κ2) is 14.3. The van der Waals surface area contributed by atoms with E-state index in [0.29, 0.717) is 53.9 Å². The van der Waals surface area contributed by atoms with Gasteiger partial charge in [0.2, 0.25) is 5.91 Å². The largest absolute Gasteiger partial charge is 0.494 e. The Balaban J connectivity index is 1.09. The summed E-state index contributed by atoms with van der Waals surface area (Å²) in [4.78, 5) is 34.8. The molecule has 1 aromatic heterocycles. The van der Waals surface area contributed by atoms with Crippen molar-refractivity contribution in [3.8, 4) is 5.75 Å². The lowest BCUT2D eigenvalue weighted by Gasteiger charge is -2.46. The van der Waals surface area contributed by atoms with E-state index in [1.165, 1.54) is 36.4 Å². The molecule has 260 valence electrons. The van der Waals surface area contributed by atoms with Gasteiger partial charge in [-0.3, -0.25) is 19.4 Å². The monoisotopic (exact) mass is 674 g/mol. The van der Waals surface area contributed by atoms with Crippen LogP contribution in [-0.4, -0.2) is 90.2 Å². The van der Waals surface area contributed by atoms with Crippen molar-refractivity contribution in [2.24, 2.45) is 0 Å². The Kier molecular flexibility index (Phi) is 9.66. The number of piperazine rings is 1. The normalized spacial score (nSPS) is 22.3. The van der Waals surface area contributed by atoms with Crippen molar-refractivity contribution >= 4 is 34.6 Å². The maximum Gasteiger partial charge on any atom is 0.247 e. The zero-order valence-corrected chi connectivity index (χ0v) is 28.1. The molecule has 4 aliphatic rings. The van der Waals surface area contributed by atoms with E-state index in [2.05, 4.69) is 48.8 Å². The van der Waals surface area contributed by atoms with Crippen LogP contribution < -0.4 is 25.3 Å². The summed E-state index contributed by atoms with van der Waals surface area (Å²) < 4.78 is 34.6. The summed E-state index contributed by atoms with van der Waals surface area (Å²) in [6.07, 6.45) is 7.85. The average Bonchev–Trinajstić information content (AvgIpc) is 3.84. The summed E-state index contributed by atoms with van der Waals surface area (Å²) in [6.45, 7) is 11.4. The van der Waals surface area contributed by atoms with E-state index in [4.69, 9.17) is 9.57 Å². The van der Waals surface area contributed by atoms with E-state index < -0.39 is 17.7 Å². The van der Waals surface area contributed by atoms with Crippen molar-refractivity contribution in [3.63, 3.8) is 0 Å². The van der Waals surface area contributed by atoms with Gasteiger partial charge in [0, 0.05) is 75.0 Å². The number of anilines is 5. The van der Waals surface area contributed by atoms with Crippen LogP contribution in [0, 0.1) is 11.6 Å². The van der Waals surface area contributed by atoms with Crippen molar-refractivity contribution in [1.82, 2.24) is 19.8 Å². The number of methoxy groups -OCH3 is 1. The first-order valence-corrected chi connectivity index (χ1v) is 17.2. The predicted octanol–water partition coefficient (Wildman–Crippen LogP) is 5.65. The van der Waals surface area contributed by atoms with E-state index in [9.17, 15) is 13.6 Å². The number of nitrogens with one attached hydrogen (secondary N) is 2. The quantitative estimate of drug-likeness (QED) is 0.263. The molecule has 49 heavy (non-hydrogen) atoms. The van der Waals surface area contributed by atoms with Crippen LogP contribution in [-0.2, 0) is 9.63 Å². The first-order chi connectivity index (χ1) is 23.8. The van der Waals surface area contributed by atoms with Gasteiger partial charge in [0.25, 0.3) is 0 Å². The molecule has 1 aliphatic carbocycles. The number of ether oxygens (including phenoxy) is 1. The Morgan fingerprint density at radius 1 is 1.02 bits per heavy atom. The summed E-state index contributed by atoms with van der Waals surface area (Å²) in [5.41, 5.74) is 2.26. The molecule has 2 N–H and O–H groups in total. The molecular weight excluding hydrogens is 630 g/mol. The number of carbonyl (C=O) groups excluding carboxylic acids is 1. The van der Waals surface area contributed by atoms with Crippen LogP contribution in [0.25, 0.3) is 0 Å². The van der Waals surface area contributed by atoms with Crippen molar-refractivity contribution in [1.29, 1.82) is 0 Å². The zero-order valence-electron chi connectivity index (χ0n) is 28.1. The van der Waals surface area contributed by atoms with Crippen molar-refractivity contribution < 1.29 is 23.1 Å². The minimum atomic E-state index is -0.912. The van der Waals surface area contributed by atoms with Gasteiger partial charge >= 0.3 is 0 Å². The Hall–Kier alpha value is -4.33. The van der Waals surface area contributed by atoms with Crippen LogP contribution in [0.1, 0.15) is 50.6 Å².